The van der Waals surface area contributed by atoms with Crippen LogP contribution in [0.3, 0.4) is 0 Å². The molecule has 0 aliphatic heterocycles. The number of benzene rings is 2. The number of carbonyl (C=O) groups is 2. The van der Waals surface area contributed by atoms with Gasteiger partial charge in [0, 0.05) is 17.1 Å². The van der Waals surface area contributed by atoms with E-state index in [4.69, 9.17) is 9.47 Å². The summed E-state index contributed by atoms with van der Waals surface area (Å²) in [5, 5.41) is 0.530. The first-order chi connectivity index (χ1) is 14.4. The lowest BCUT2D eigenvalue weighted by molar-refractivity contribution is -0.274. The fraction of sp³-hybridized carbons (Fsp3) is 0.273. The number of hydrogen-bond donors (Lipinski definition) is 0. The van der Waals surface area contributed by atoms with Crippen LogP contribution in [0.5, 0.6) is 5.75 Å². The summed E-state index contributed by atoms with van der Waals surface area (Å²) in [6.45, 7) is 5.11. The molecule has 164 valence electrons. The molecular weight excluding hydrogens is 415 g/mol. The zero-order valence-corrected chi connectivity index (χ0v) is 17.2. The van der Waals surface area contributed by atoms with E-state index >= 15 is 0 Å². The summed E-state index contributed by atoms with van der Waals surface area (Å²) >= 11 is 0. The topological polar surface area (TPSA) is 66.8 Å². The van der Waals surface area contributed by atoms with Gasteiger partial charge in [0.15, 0.2) is 0 Å². The van der Waals surface area contributed by atoms with Crippen LogP contribution in [0.15, 0.2) is 48.7 Å². The Bertz CT molecular complexity index is 1140. The van der Waals surface area contributed by atoms with Gasteiger partial charge in [-0.2, -0.15) is 0 Å². The second-order valence-corrected chi connectivity index (χ2v) is 7.69. The van der Waals surface area contributed by atoms with Gasteiger partial charge in [-0.3, -0.25) is 4.57 Å². The Morgan fingerprint density at radius 3 is 2.32 bits per heavy atom. The summed E-state index contributed by atoms with van der Waals surface area (Å²) in [6.07, 6.45) is -4.08. The minimum atomic E-state index is -4.83. The van der Waals surface area contributed by atoms with Gasteiger partial charge in [0.2, 0.25) is 0 Å². The van der Waals surface area contributed by atoms with Crippen molar-refractivity contribution in [3.8, 4) is 16.9 Å². The highest BCUT2D eigenvalue weighted by Gasteiger charge is 2.31. The molecule has 6 nitrogen and oxygen atoms in total. The van der Waals surface area contributed by atoms with Gasteiger partial charge in [-0.05, 0) is 50.6 Å². The second kappa shape index (κ2) is 7.98. The third-order valence-electron chi connectivity index (χ3n) is 4.20. The highest BCUT2D eigenvalue weighted by Crippen LogP contribution is 2.34. The maximum absolute atomic E-state index is 12.8. The molecule has 0 saturated heterocycles. The third-order valence-corrected chi connectivity index (χ3v) is 4.20. The van der Waals surface area contributed by atoms with Crippen molar-refractivity contribution in [2.24, 2.45) is 0 Å². The van der Waals surface area contributed by atoms with Crippen molar-refractivity contribution in [1.29, 1.82) is 0 Å². The van der Waals surface area contributed by atoms with Crippen LogP contribution in [-0.2, 0) is 9.47 Å². The molecular formula is C22H20F3NO5. The van der Waals surface area contributed by atoms with Gasteiger partial charge in [0.25, 0.3) is 0 Å². The van der Waals surface area contributed by atoms with Gasteiger partial charge in [0.05, 0.1) is 18.2 Å². The minimum absolute atomic E-state index is 0.207. The smallest absolute Gasteiger partial charge is 0.465 e. The van der Waals surface area contributed by atoms with E-state index in [9.17, 15) is 22.8 Å². The van der Waals surface area contributed by atoms with Gasteiger partial charge in [0.1, 0.15) is 11.4 Å². The first-order valence-corrected chi connectivity index (χ1v) is 9.21. The molecule has 0 amide bonds. The van der Waals surface area contributed by atoms with Crippen molar-refractivity contribution in [2.45, 2.75) is 32.7 Å². The second-order valence-electron chi connectivity index (χ2n) is 7.69. The predicted molar refractivity (Wildman–Crippen MR) is 107 cm³/mol. The molecule has 9 heteroatoms. The van der Waals surface area contributed by atoms with Crippen molar-refractivity contribution in [3.05, 3.63) is 54.2 Å². The van der Waals surface area contributed by atoms with E-state index in [-0.39, 0.29) is 5.56 Å². The molecule has 0 fully saturated rings. The lowest BCUT2D eigenvalue weighted by Crippen LogP contribution is -2.26. The third kappa shape index (κ3) is 5.17. The van der Waals surface area contributed by atoms with Crippen molar-refractivity contribution in [2.75, 3.05) is 7.11 Å². The average molecular weight is 435 g/mol. The van der Waals surface area contributed by atoms with Crippen LogP contribution in [0.2, 0.25) is 0 Å². The number of halogens is 3. The molecule has 3 aromatic rings. The normalized spacial score (nSPS) is 12.0. The van der Waals surface area contributed by atoms with Gasteiger partial charge in [-0.25, -0.2) is 9.59 Å². The SMILES string of the molecule is COC(=O)c1ccc2c(-c3cccc(OC(F)(F)F)c3)cn(C(=O)OC(C)(C)C)c2c1. The Morgan fingerprint density at radius 1 is 1.00 bits per heavy atom. The van der Waals surface area contributed by atoms with E-state index in [0.717, 1.165) is 0 Å². The molecule has 1 aromatic heterocycles. The van der Waals surface area contributed by atoms with Crippen LogP contribution >= 0.6 is 0 Å². The Hall–Kier alpha value is -3.49. The number of ether oxygens (including phenoxy) is 3. The Kier molecular flexibility index (Phi) is 5.71. The van der Waals surface area contributed by atoms with E-state index in [1.165, 1.54) is 48.2 Å². The standard InChI is InChI=1S/C22H20F3NO5/c1-21(2,3)31-20(28)26-12-17(13-6-5-7-15(10-13)30-22(23,24)25)16-9-8-14(11-18(16)26)19(27)29-4/h5-12H,1-4H3. The maximum atomic E-state index is 12.8. The molecule has 31 heavy (non-hydrogen) atoms. The summed E-state index contributed by atoms with van der Waals surface area (Å²) in [6, 6.07) is 9.96. The lowest BCUT2D eigenvalue weighted by Gasteiger charge is -2.19. The molecule has 2 aromatic carbocycles. The number of carbonyl (C=O) groups excluding carboxylic acids is 2. The Morgan fingerprint density at radius 2 is 1.71 bits per heavy atom. The minimum Gasteiger partial charge on any atom is -0.465 e. The number of hydrogen-bond acceptors (Lipinski definition) is 5. The van der Waals surface area contributed by atoms with Crippen molar-refractivity contribution < 1.29 is 37.0 Å². The number of nitrogens with zero attached hydrogens (tertiary/aromatic N) is 1. The monoisotopic (exact) mass is 435 g/mol. The lowest BCUT2D eigenvalue weighted by atomic mass is 10.0. The largest absolute Gasteiger partial charge is 0.573 e. The molecule has 0 unspecified atom stereocenters. The number of methoxy groups -OCH3 is 1. The zero-order chi connectivity index (χ0) is 23.0. The predicted octanol–water partition coefficient (Wildman–Crippen LogP) is 5.78. The zero-order valence-electron chi connectivity index (χ0n) is 17.2. The van der Waals surface area contributed by atoms with E-state index in [1.54, 1.807) is 32.9 Å². The van der Waals surface area contributed by atoms with E-state index < -0.39 is 29.8 Å². The van der Waals surface area contributed by atoms with E-state index in [0.29, 0.717) is 22.0 Å². The summed E-state index contributed by atoms with van der Waals surface area (Å²) in [5.41, 5.74) is 0.617. The summed E-state index contributed by atoms with van der Waals surface area (Å²) in [4.78, 5) is 24.7. The van der Waals surface area contributed by atoms with Gasteiger partial charge in [-0.1, -0.05) is 18.2 Å². The number of fused-ring (bicyclic) bond motifs is 1. The Balaban J connectivity index is 2.17. The van der Waals surface area contributed by atoms with Gasteiger partial charge in [-0.15, -0.1) is 13.2 Å². The molecule has 3 rings (SSSR count). The quantitative estimate of drug-likeness (QED) is 0.488. The molecule has 1 heterocycles. The molecule has 0 spiro atoms. The van der Waals surface area contributed by atoms with Gasteiger partial charge < -0.3 is 14.2 Å². The highest BCUT2D eigenvalue weighted by atomic mass is 19.4. The van der Waals surface area contributed by atoms with Crippen LogP contribution in [0.4, 0.5) is 18.0 Å². The number of aromatic nitrogens is 1. The number of rotatable bonds is 3. The van der Waals surface area contributed by atoms with Crippen LogP contribution < -0.4 is 4.74 Å². The molecule has 0 aliphatic carbocycles. The first-order valence-electron chi connectivity index (χ1n) is 9.21. The molecule has 0 aliphatic rings. The molecule has 0 atom stereocenters. The highest BCUT2D eigenvalue weighted by molar-refractivity contribution is 6.04. The van der Waals surface area contributed by atoms with Crippen LogP contribution in [-0.4, -0.2) is 35.7 Å². The fourth-order valence-electron chi connectivity index (χ4n) is 3.02. The summed E-state index contributed by atoms with van der Waals surface area (Å²) < 4.78 is 53.2. The fourth-order valence-corrected chi connectivity index (χ4v) is 3.02. The summed E-state index contributed by atoms with van der Waals surface area (Å²) in [5.74, 6) is -0.990. The van der Waals surface area contributed by atoms with Crippen molar-refractivity contribution >= 4 is 23.0 Å². The van der Waals surface area contributed by atoms with Crippen LogP contribution in [0.25, 0.3) is 22.0 Å². The number of alkyl halides is 3. The van der Waals surface area contributed by atoms with Crippen LogP contribution in [0, 0.1) is 0 Å². The summed E-state index contributed by atoms with van der Waals surface area (Å²) in [7, 11) is 1.23. The maximum Gasteiger partial charge on any atom is 0.573 e. The molecule has 0 radical (unpaired) electrons. The van der Waals surface area contributed by atoms with E-state index in [2.05, 4.69) is 4.74 Å². The Labute approximate surface area is 176 Å². The molecule has 0 N–H and O–H groups in total. The van der Waals surface area contributed by atoms with Crippen LogP contribution in [0.1, 0.15) is 31.1 Å². The molecule has 0 saturated carbocycles. The first kappa shape index (κ1) is 22.2. The molecule has 0 bridgehead atoms. The van der Waals surface area contributed by atoms with Crippen molar-refractivity contribution in [1.82, 2.24) is 4.57 Å². The van der Waals surface area contributed by atoms with E-state index in [1.807, 2.05) is 0 Å². The number of esters is 1. The average Bonchev–Trinajstić information content (AvgIpc) is 3.04. The van der Waals surface area contributed by atoms with Crippen molar-refractivity contribution in [3.63, 3.8) is 0 Å². The van der Waals surface area contributed by atoms with Gasteiger partial charge >= 0.3 is 18.4 Å².